The molecule has 2 aromatic carbocycles. The molecule has 3 aromatic rings. The minimum atomic E-state index is -0.130. The van der Waals surface area contributed by atoms with E-state index in [0.717, 1.165) is 39.0 Å². The summed E-state index contributed by atoms with van der Waals surface area (Å²) in [5, 5.41) is 17.9. The van der Waals surface area contributed by atoms with Crippen molar-refractivity contribution >= 4 is 0 Å². The fourth-order valence-electron chi connectivity index (χ4n) is 4.08. The molecule has 1 aliphatic rings. The molecule has 1 fully saturated rings. The van der Waals surface area contributed by atoms with Gasteiger partial charge in [0.25, 0.3) is 0 Å². The number of aliphatic hydroxyl groups excluding tert-OH is 1. The number of hydrogen-bond acceptors (Lipinski definition) is 4. The van der Waals surface area contributed by atoms with Gasteiger partial charge in [0.15, 0.2) is 0 Å². The summed E-state index contributed by atoms with van der Waals surface area (Å²) in [6.07, 6.45) is 5.63. The Morgan fingerprint density at radius 3 is 2.38 bits per heavy atom. The number of hydrogen-bond donors (Lipinski definition) is 2. The zero-order valence-corrected chi connectivity index (χ0v) is 17.0. The van der Waals surface area contributed by atoms with Gasteiger partial charge in [0, 0.05) is 45.0 Å². The summed E-state index contributed by atoms with van der Waals surface area (Å²) in [6, 6.07) is 19.3. The van der Waals surface area contributed by atoms with Gasteiger partial charge in [-0.15, -0.1) is 0 Å². The smallest absolute Gasteiger partial charge is 0.0610 e. The first-order valence-corrected chi connectivity index (χ1v) is 10.4. The van der Waals surface area contributed by atoms with Gasteiger partial charge in [0.1, 0.15) is 0 Å². The average Bonchev–Trinajstić information content (AvgIpc) is 3.18. The molecule has 0 radical (unpaired) electrons. The van der Waals surface area contributed by atoms with E-state index in [1.54, 1.807) is 0 Å². The molecule has 0 unspecified atom stereocenters. The largest absolute Gasteiger partial charge is 0.393 e. The Bertz CT molecular complexity index is 900. The Labute approximate surface area is 173 Å². The topological polar surface area (TPSA) is 53.3 Å². The number of rotatable bonds is 7. The molecule has 0 amide bonds. The molecule has 2 heterocycles. The van der Waals surface area contributed by atoms with Crippen molar-refractivity contribution in [3.05, 3.63) is 89.2 Å². The molecular formula is C24H30N4O. The van der Waals surface area contributed by atoms with E-state index in [9.17, 15) is 5.11 Å². The predicted octanol–water partition coefficient (Wildman–Crippen LogP) is 3.26. The maximum atomic E-state index is 9.77. The van der Waals surface area contributed by atoms with Gasteiger partial charge in [-0.2, -0.15) is 5.10 Å². The Balaban J connectivity index is 1.49. The van der Waals surface area contributed by atoms with E-state index in [0.29, 0.717) is 0 Å². The maximum absolute atomic E-state index is 9.77. The first kappa shape index (κ1) is 19.8. The van der Waals surface area contributed by atoms with Crippen molar-refractivity contribution in [2.45, 2.75) is 38.1 Å². The van der Waals surface area contributed by atoms with Crippen molar-refractivity contribution < 1.29 is 5.11 Å². The van der Waals surface area contributed by atoms with E-state index in [4.69, 9.17) is 0 Å². The van der Waals surface area contributed by atoms with Crippen LogP contribution >= 0.6 is 0 Å². The molecule has 1 aromatic heterocycles. The van der Waals surface area contributed by atoms with Crippen LogP contribution in [0.1, 0.15) is 41.1 Å². The number of likely N-dealkylation sites (tertiary alicyclic amines) is 1. The summed E-state index contributed by atoms with van der Waals surface area (Å²) < 4.78 is 1.85. The minimum absolute atomic E-state index is 0.100. The SMILES string of the molecule is Cn1cc([C@H](NCc2ccccc2CN2CCC(O)CC2)c2ccccc2)cn1. The van der Waals surface area contributed by atoms with Gasteiger partial charge in [-0.25, -0.2) is 0 Å². The van der Waals surface area contributed by atoms with Gasteiger partial charge in [-0.1, -0.05) is 54.6 Å². The van der Waals surface area contributed by atoms with E-state index in [2.05, 4.69) is 76.1 Å². The molecule has 5 heteroatoms. The highest BCUT2D eigenvalue weighted by molar-refractivity contribution is 5.31. The Morgan fingerprint density at radius 1 is 1.00 bits per heavy atom. The Hall–Kier alpha value is -2.47. The number of piperidine rings is 1. The van der Waals surface area contributed by atoms with Crippen molar-refractivity contribution in [2.24, 2.45) is 7.05 Å². The molecule has 2 N–H and O–H groups in total. The minimum Gasteiger partial charge on any atom is -0.393 e. The highest BCUT2D eigenvalue weighted by Crippen LogP contribution is 2.23. The molecule has 1 atom stereocenters. The lowest BCUT2D eigenvalue weighted by Crippen LogP contribution is -2.35. The summed E-state index contributed by atoms with van der Waals surface area (Å²) in [5.74, 6) is 0. The molecule has 0 bridgehead atoms. The summed E-state index contributed by atoms with van der Waals surface area (Å²) in [6.45, 7) is 3.66. The van der Waals surface area contributed by atoms with Gasteiger partial charge in [-0.05, 0) is 29.5 Å². The van der Waals surface area contributed by atoms with Crippen molar-refractivity contribution in [1.82, 2.24) is 20.0 Å². The molecule has 5 nitrogen and oxygen atoms in total. The maximum Gasteiger partial charge on any atom is 0.0610 e. The van der Waals surface area contributed by atoms with Gasteiger partial charge in [-0.3, -0.25) is 9.58 Å². The number of aliphatic hydroxyl groups is 1. The Morgan fingerprint density at radius 2 is 1.69 bits per heavy atom. The standard InChI is InChI=1S/C24H30N4O/c1-27-17-22(16-26-27)24(19-7-3-2-4-8-19)25-15-20-9-5-6-10-21(20)18-28-13-11-23(29)12-14-28/h2-10,16-17,23-25,29H,11-15,18H2,1H3/t24-/m1/s1. The number of nitrogens with zero attached hydrogens (tertiary/aromatic N) is 3. The lowest BCUT2D eigenvalue weighted by molar-refractivity contribution is 0.0791. The predicted molar refractivity (Wildman–Crippen MR) is 115 cm³/mol. The number of benzene rings is 2. The molecule has 152 valence electrons. The van der Waals surface area contributed by atoms with Crippen molar-refractivity contribution in [3.8, 4) is 0 Å². The van der Waals surface area contributed by atoms with Gasteiger partial charge in [0.2, 0.25) is 0 Å². The molecular weight excluding hydrogens is 360 g/mol. The van der Waals surface area contributed by atoms with Gasteiger partial charge < -0.3 is 10.4 Å². The van der Waals surface area contributed by atoms with Crippen LogP contribution in [-0.4, -0.2) is 39.0 Å². The number of aromatic nitrogens is 2. The van der Waals surface area contributed by atoms with E-state index in [1.165, 1.54) is 22.3 Å². The average molecular weight is 391 g/mol. The van der Waals surface area contributed by atoms with E-state index >= 15 is 0 Å². The highest BCUT2D eigenvalue weighted by atomic mass is 16.3. The lowest BCUT2D eigenvalue weighted by atomic mass is 10.00. The number of nitrogens with one attached hydrogen (secondary N) is 1. The van der Waals surface area contributed by atoms with Crippen molar-refractivity contribution in [1.29, 1.82) is 0 Å². The van der Waals surface area contributed by atoms with E-state index in [1.807, 2.05) is 17.9 Å². The zero-order valence-electron chi connectivity index (χ0n) is 17.0. The molecule has 0 saturated carbocycles. The second kappa shape index (κ2) is 9.35. The van der Waals surface area contributed by atoms with Crippen molar-refractivity contribution in [3.63, 3.8) is 0 Å². The lowest BCUT2D eigenvalue weighted by Gasteiger charge is -2.30. The normalized spacial score (nSPS) is 16.8. The molecule has 1 aliphatic heterocycles. The highest BCUT2D eigenvalue weighted by Gasteiger charge is 2.19. The first-order valence-electron chi connectivity index (χ1n) is 10.4. The fraction of sp³-hybridized carbons (Fsp3) is 0.375. The van der Waals surface area contributed by atoms with Crippen LogP contribution in [0, 0.1) is 0 Å². The molecule has 1 saturated heterocycles. The van der Waals surface area contributed by atoms with Crippen LogP contribution in [0.25, 0.3) is 0 Å². The molecule has 4 rings (SSSR count). The van der Waals surface area contributed by atoms with Gasteiger partial charge in [0.05, 0.1) is 18.3 Å². The van der Waals surface area contributed by atoms with Crippen LogP contribution < -0.4 is 5.32 Å². The fourth-order valence-corrected chi connectivity index (χ4v) is 4.08. The summed E-state index contributed by atoms with van der Waals surface area (Å²) >= 11 is 0. The number of aryl methyl sites for hydroxylation is 1. The van der Waals surface area contributed by atoms with Crippen LogP contribution in [0.3, 0.4) is 0 Å². The summed E-state index contributed by atoms with van der Waals surface area (Å²) in [4.78, 5) is 2.45. The van der Waals surface area contributed by atoms with Gasteiger partial charge >= 0.3 is 0 Å². The third-order valence-corrected chi connectivity index (χ3v) is 5.76. The van der Waals surface area contributed by atoms with E-state index < -0.39 is 0 Å². The third kappa shape index (κ3) is 5.12. The first-order chi connectivity index (χ1) is 14.2. The summed E-state index contributed by atoms with van der Waals surface area (Å²) in [7, 11) is 1.95. The van der Waals surface area contributed by atoms with Crippen LogP contribution in [0.2, 0.25) is 0 Å². The van der Waals surface area contributed by atoms with Crippen LogP contribution in [0.15, 0.2) is 67.0 Å². The van der Waals surface area contributed by atoms with Crippen LogP contribution in [0.4, 0.5) is 0 Å². The molecule has 0 aliphatic carbocycles. The van der Waals surface area contributed by atoms with E-state index in [-0.39, 0.29) is 12.1 Å². The van der Waals surface area contributed by atoms with Crippen LogP contribution in [0.5, 0.6) is 0 Å². The second-order valence-electron chi connectivity index (χ2n) is 7.95. The quantitative estimate of drug-likeness (QED) is 0.650. The van der Waals surface area contributed by atoms with Crippen LogP contribution in [-0.2, 0) is 20.1 Å². The summed E-state index contributed by atoms with van der Waals surface area (Å²) in [5.41, 5.74) is 5.09. The molecule has 0 spiro atoms. The monoisotopic (exact) mass is 390 g/mol. The Kier molecular flexibility index (Phi) is 6.39. The third-order valence-electron chi connectivity index (χ3n) is 5.76. The zero-order chi connectivity index (χ0) is 20.1. The second-order valence-corrected chi connectivity index (χ2v) is 7.95. The van der Waals surface area contributed by atoms with Crippen molar-refractivity contribution in [2.75, 3.05) is 13.1 Å². The molecule has 29 heavy (non-hydrogen) atoms.